The second-order valence-corrected chi connectivity index (χ2v) is 4.40. The van der Waals surface area contributed by atoms with E-state index >= 15 is 0 Å². The smallest absolute Gasteiger partial charge is 0.0985 e. The lowest BCUT2D eigenvalue weighted by Crippen LogP contribution is -2.12. The van der Waals surface area contributed by atoms with Gasteiger partial charge < -0.3 is 0 Å². The molecule has 1 aliphatic rings. The highest BCUT2D eigenvalue weighted by atomic mass is 14.1. The van der Waals surface area contributed by atoms with Crippen molar-refractivity contribution in [3.05, 3.63) is 60.1 Å². The summed E-state index contributed by atoms with van der Waals surface area (Å²) in [5, 5.41) is 2.67. The molecule has 0 N–H and O–H groups in total. The Morgan fingerprint density at radius 1 is 1.12 bits per heavy atom. The van der Waals surface area contributed by atoms with Crippen molar-refractivity contribution < 1.29 is 0 Å². The van der Waals surface area contributed by atoms with Crippen molar-refractivity contribution in [2.75, 3.05) is 0 Å². The summed E-state index contributed by atoms with van der Waals surface area (Å²) < 4.78 is 0. The van der Waals surface area contributed by atoms with Gasteiger partial charge in [0, 0.05) is 0 Å². The molecule has 0 saturated carbocycles. The average molecular weight is 204 g/mol. The Bertz CT molecular complexity index is 620. The van der Waals surface area contributed by atoms with Gasteiger partial charge in [0.1, 0.15) is 0 Å². The van der Waals surface area contributed by atoms with E-state index in [-0.39, 0.29) is 0 Å². The summed E-state index contributed by atoms with van der Waals surface area (Å²) in [5.41, 5.74) is 5.59. The minimum absolute atomic E-state index is 1.07. The summed E-state index contributed by atoms with van der Waals surface area (Å²) in [6.45, 7) is 6.14. The van der Waals surface area contributed by atoms with Crippen LogP contribution in [0.25, 0.3) is 16.3 Å². The van der Waals surface area contributed by atoms with Crippen LogP contribution in [0, 0.1) is 0 Å². The highest BCUT2D eigenvalue weighted by molar-refractivity contribution is 6.66. The first-order valence-corrected chi connectivity index (χ1v) is 5.64. The first-order valence-electron chi connectivity index (χ1n) is 5.64. The van der Waals surface area contributed by atoms with Crippen LogP contribution in [0.1, 0.15) is 12.5 Å². The summed E-state index contributed by atoms with van der Waals surface area (Å²) in [4.78, 5) is 0. The van der Waals surface area contributed by atoms with Gasteiger partial charge in [-0.3, -0.25) is 0 Å². The standard InChI is InChI=1S/C15H13B/c1-3-12-10(2)16-14-9-8-11-6-4-5-7-13(11)15(12)14/h3-9,16H,1H2,2H3. The topological polar surface area (TPSA) is 0 Å². The Morgan fingerprint density at radius 3 is 2.75 bits per heavy atom. The second-order valence-electron chi connectivity index (χ2n) is 4.40. The van der Waals surface area contributed by atoms with Gasteiger partial charge in [-0.25, -0.2) is 0 Å². The third kappa shape index (κ3) is 1.18. The lowest BCUT2D eigenvalue weighted by Gasteiger charge is -2.07. The van der Waals surface area contributed by atoms with Gasteiger partial charge in [-0.1, -0.05) is 66.9 Å². The molecule has 0 atom stereocenters. The fourth-order valence-corrected chi connectivity index (χ4v) is 2.65. The van der Waals surface area contributed by atoms with Crippen LogP contribution in [0.3, 0.4) is 0 Å². The molecular formula is C15H13B. The van der Waals surface area contributed by atoms with E-state index in [0.29, 0.717) is 0 Å². The van der Waals surface area contributed by atoms with Crippen LogP contribution in [0.15, 0.2) is 54.5 Å². The van der Waals surface area contributed by atoms with Crippen molar-refractivity contribution in [1.82, 2.24) is 0 Å². The molecule has 76 valence electrons. The van der Waals surface area contributed by atoms with Gasteiger partial charge in [-0.15, -0.1) is 0 Å². The van der Waals surface area contributed by atoms with Gasteiger partial charge in [0.05, 0.1) is 0 Å². The van der Waals surface area contributed by atoms with Gasteiger partial charge in [0.25, 0.3) is 0 Å². The van der Waals surface area contributed by atoms with Gasteiger partial charge in [-0.2, -0.15) is 0 Å². The highest BCUT2D eigenvalue weighted by Crippen LogP contribution is 2.30. The maximum Gasteiger partial charge on any atom is 0.188 e. The molecule has 16 heavy (non-hydrogen) atoms. The Morgan fingerprint density at radius 2 is 1.94 bits per heavy atom. The van der Waals surface area contributed by atoms with Gasteiger partial charge in [0.2, 0.25) is 0 Å². The van der Waals surface area contributed by atoms with Crippen LogP contribution in [-0.4, -0.2) is 7.28 Å². The van der Waals surface area contributed by atoms with Crippen molar-refractivity contribution in [2.24, 2.45) is 0 Å². The molecule has 1 aliphatic heterocycles. The summed E-state index contributed by atoms with van der Waals surface area (Å²) in [6.07, 6.45) is 1.99. The zero-order valence-electron chi connectivity index (χ0n) is 9.46. The number of hydrogen-bond acceptors (Lipinski definition) is 0. The molecule has 2 aromatic carbocycles. The largest absolute Gasteiger partial charge is 0.188 e. The molecule has 0 radical (unpaired) electrons. The van der Waals surface area contributed by atoms with Crippen molar-refractivity contribution in [3.8, 4) is 0 Å². The minimum Gasteiger partial charge on any atom is -0.0985 e. The molecule has 1 heteroatoms. The predicted octanol–water partition coefficient (Wildman–Crippen LogP) is 2.83. The predicted molar refractivity (Wildman–Crippen MR) is 73.5 cm³/mol. The van der Waals surface area contributed by atoms with E-state index in [0.717, 1.165) is 7.28 Å². The van der Waals surface area contributed by atoms with Crippen molar-refractivity contribution in [3.63, 3.8) is 0 Å². The number of hydrogen-bond donors (Lipinski definition) is 0. The zero-order chi connectivity index (χ0) is 11.1. The molecule has 0 spiro atoms. The van der Waals surface area contributed by atoms with E-state index in [1.54, 1.807) is 0 Å². The molecule has 0 fully saturated rings. The summed E-state index contributed by atoms with van der Waals surface area (Å²) in [7, 11) is 1.07. The lowest BCUT2D eigenvalue weighted by atomic mass is 9.67. The third-order valence-corrected chi connectivity index (χ3v) is 3.40. The van der Waals surface area contributed by atoms with Gasteiger partial charge in [0.15, 0.2) is 7.28 Å². The van der Waals surface area contributed by atoms with Crippen molar-refractivity contribution >= 4 is 29.1 Å². The van der Waals surface area contributed by atoms with Gasteiger partial charge >= 0.3 is 0 Å². The van der Waals surface area contributed by atoms with Crippen molar-refractivity contribution in [2.45, 2.75) is 6.92 Å². The SMILES string of the molecule is C=CC1=C(C)Bc2ccc3ccccc3c21. The molecule has 0 saturated heterocycles. The van der Waals surface area contributed by atoms with Crippen molar-refractivity contribution in [1.29, 1.82) is 0 Å². The molecule has 0 aliphatic carbocycles. The maximum atomic E-state index is 3.94. The Hall–Kier alpha value is -1.76. The summed E-state index contributed by atoms with van der Waals surface area (Å²) in [6, 6.07) is 13.0. The fourth-order valence-electron chi connectivity index (χ4n) is 2.65. The van der Waals surface area contributed by atoms with E-state index < -0.39 is 0 Å². The number of allylic oxidation sites excluding steroid dienone is 3. The van der Waals surface area contributed by atoms with Crippen LogP contribution >= 0.6 is 0 Å². The van der Waals surface area contributed by atoms with Gasteiger partial charge in [-0.05, 0) is 21.9 Å². The lowest BCUT2D eigenvalue weighted by molar-refractivity contribution is 1.67. The Balaban J connectivity index is 2.43. The van der Waals surface area contributed by atoms with Crippen LogP contribution in [0.5, 0.6) is 0 Å². The van der Waals surface area contributed by atoms with Crippen LogP contribution < -0.4 is 5.46 Å². The Kier molecular flexibility index (Phi) is 2.00. The summed E-state index contributed by atoms with van der Waals surface area (Å²) >= 11 is 0. The third-order valence-electron chi connectivity index (χ3n) is 3.40. The fraction of sp³-hybridized carbons (Fsp3) is 0.0667. The number of benzene rings is 2. The van der Waals surface area contributed by atoms with E-state index in [1.165, 1.54) is 32.8 Å². The summed E-state index contributed by atoms with van der Waals surface area (Å²) in [5.74, 6) is 0. The van der Waals surface area contributed by atoms with E-state index in [1.807, 2.05) is 6.08 Å². The van der Waals surface area contributed by atoms with Crippen LogP contribution in [-0.2, 0) is 0 Å². The Labute approximate surface area is 96.5 Å². The molecule has 0 nitrogen and oxygen atoms in total. The van der Waals surface area contributed by atoms with E-state index in [2.05, 4.69) is 49.9 Å². The first kappa shape index (κ1) is 9.47. The van der Waals surface area contributed by atoms with Crippen LogP contribution in [0.2, 0.25) is 0 Å². The molecule has 2 aromatic rings. The molecular weight excluding hydrogens is 191 g/mol. The molecule has 0 aromatic heterocycles. The average Bonchev–Trinajstić information content (AvgIpc) is 2.65. The zero-order valence-corrected chi connectivity index (χ0v) is 9.46. The molecule has 1 heterocycles. The first-order chi connectivity index (χ1) is 7.81. The minimum atomic E-state index is 1.07. The molecule has 0 unspecified atom stereocenters. The molecule has 0 bridgehead atoms. The maximum absolute atomic E-state index is 3.94. The quantitative estimate of drug-likeness (QED) is 0.626. The molecule has 3 rings (SSSR count). The molecule has 0 amide bonds. The second kappa shape index (κ2) is 3.38. The number of fused-ring (bicyclic) bond motifs is 3. The number of rotatable bonds is 1. The monoisotopic (exact) mass is 204 g/mol. The van der Waals surface area contributed by atoms with Crippen LogP contribution in [0.4, 0.5) is 0 Å². The normalized spacial score (nSPS) is 13.8. The van der Waals surface area contributed by atoms with E-state index in [9.17, 15) is 0 Å². The highest BCUT2D eigenvalue weighted by Gasteiger charge is 2.19. The van der Waals surface area contributed by atoms with E-state index in [4.69, 9.17) is 0 Å².